The molecule has 0 aliphatic carbocycles. The van der Waals surface area contributed by atoms with E-state index in [2.05, 4.69) is 4.72 Å². The molecule has 0 atom stereocenters. The average molecular weight is 353 g/mol. The van der Waals surface area contributed by atoms with Gasteiger partial charge in [0.2, 0.25) is 0 Å². The minimum absolute atomic E-state index is 0.0330. The summed E-state index contributed by atoms with van der Waals surface area (Å²) >= 11 is 0. The number of sulfonamides is 1. The fourth-order valence-corrected chi connectivity index (χ4v) is 3.19. The maximum absolute atomic E-state index is 13.9. The van der Waals surface area contributed by atoms with Crippen molar-refractivity contribution in [3.63, 3.8) is 0 Å². The van der Waals surface area contributed by atoms with E-state index in [-0.39, 0.29) is 10.6 Å². The number of hydrogen-bond acceptors (Lipinski definition) is 4. The molecule has 0 aromatic heterocycles. The van der Waals surface area contributed by atoms with Gasteiger partial charge in [-0.15, -0.1) is 0 Å². The van der Waals surface area contributed by atoms with E-state index in [1.807, 2.05) is 6.92 Å². The molecule has 2 aromatic carbocycles. The topological polar surface area (TPSA) is 64.6 Å². The Labute approximate surface area is 141 Å². The summed E-state index contributed by atoms with van der Waals surface area (Å²) in [6.45, 7) is 6.13. The predicted octanol–water partition coefficient (Wildman–Crippen LogP) is 3.73. The fourth-order valence-electron chi connectivity index (χ4n) is 2.11. The van der Waals surface area contributed by atoms with Crippen LogP contribution in [0.2, 0.25) is 0 Å². The Morgan fingerprint density at radius 3 is 2.29 bits per heavy atom. The Bertz CT molecular complexity index is 821. The SMILES string of the molecule is CCOc1ccc(S(=O)(=O)Nc2ccc(C)cc2F)cc1OCC. The summed E-state index contributed by atoms with van der Waals surface area (Å²) in [4.78, 5) is -0.0330. The van der Waals surface area contributed by atoms with Crippen molar-refractivity contribution < 1.29 is 22.3 Å². The number of ether oxygens (including phenoxy) is 2. The van der Waals surface area contributed by atoms with Gasteiger partial charge in [-0.1, -0.05) is 6.07 Å². The number of anilines is 1. The van der Waals surface area contributed by atoms with E-state index in [9.17, 15) is 12.8 Å². The minimum atomic E-state index is -3.95. The minimum Gasteiger partial charge on any atom is -0.490 e. The van der Waals surface area contributed by atoms with E-state index in [0.717, 1.165) is 0 Å². The molecule has 0 saturated heterocycles. The largest absolute Gasteiger partial charge is 0.490 e. The Kier molecular flexibility index (Phi) is 5.66. The Morgan fingerprint density at radius 2 is 1.67 bits per heavy atom. The third-order valence-corrected chi connectivity index (χ3v) is 4.56. The molecule has 5 nitrogen and oxygen atoms in total. The van der Waals surface area contributed by atoms with E-state index in [0.29, 0.717) is 30.3 Å². The molecule has 0 heterocycles. The van der Waals surface area contributed by atoms with Crippen LogP contribution in [0.1, 0.15) is 19.4 Å². The van der Waals surface area contributed by atoms with Crippen molar-refractivity contribution in [2.24, 2.45) is 0 Å². The molecule has 0 bridgehead atoms. The lowest BCUT2D eigenvalue weighted by molar-refractivity contribution is 0.287. The van der Waals surface area contributed by atoms with Crippen molar-refractivity contribution in [3.05, 3.63) is 47.8 Å². The van der Waals surface area contributed by atoms with Crippen LogP contribution in [0.5, 0.6) is 11.5 Å². The fraction of sp³-hybridized carbons (Fsp3) is 0.294. The molecule has 1 N–H and O–H groups in total. The van der Waals surface area contributed by atoms with Gasteiger partial charge in [0.05, 0.1) is 23.8 Å². The summed E-state index contributed by atoms with van der Waals surface area (Å²) in [7, 11) is -3.95. The summed E-state index contributed by atoms with van der Waals surface area (Å²) in [6.07, 6.45) is 0. The zero-order valence-corrected chi connectivity index (χ0v) is 14.6. The van der Waals surface area contributed by atoms with Crippen molar-refractivity contribution in [2.75, 3.05) is 17.9 Å². The normalized spacial score (nSPS) is 11.2. The molecule has 0 spiro atoms. The van der Waals surface area contributed by atoms with Crippen LogP contribution >= 0.6 is 0 Å². The average Bonchev–Trinajstić information content (AvgIpc) is 2.52. The smallest absolute Gasteiger partial charge is 0.262 e. The molecule has 0 aliphatic rings. The second kappa shape index (κ2) is 7.53. The Balaban J connectivity index is 2.36. The molecule has 2 rings (SSSR count). The number of benzene rings is 2. The number of aryl methyl sites for hydroxylation is 1. The van der Waals surface area contributed by atoms with Gasteiger partial charge in [0.1, 0.15) is 5.82 Å². The number of rotatable bonds is 7. The first-order chi connectivity index (χ1) is 11.4. The molecular formula is C17H20FNO4S. The first-order valence-corrected chi connectivity index (χ1v) is 9.04. The van der Waals surface area contributed by atoms with Crippen LogP contribution in [0.3, 0.4) is 0 Å². The Morgan fingerprint density at radius 1 is 1.00 bits per heavy atom. The van der Waals surface area contributed by atoms with E-state index in [1.165, 1.54) is 30.3 Å². The van der Waals surface area contributed by atoms with Crippen LogP contribution in [-0.2, 0) is 10.0 Å². The standard InChI is InChI=1S/C17H20FNO4S/c1-4-22-16-9-7-13(11-17(16)23-5-2)24(20,21)19-15-8-6-12(3)10-14(15)18/h6-11,19H,4-5H2,1-3H3. The summed E-state index contributed by atoms with van der Waals surface area (Å²) in [5, 5.41) is 0. The summed E-state index contributed by atoms with van der Waals surface area (Å²) in [5.41, 5.74) is 0.600. The first-order valence-electron chi connectivity index (χ1n) is 7.56. The highest BCUT2D eigenvalue weighted by molar-refractivity contribution is 7.92. The van der Waals surface area contributed by atoms with Gasteiger partial charge in [-0.2, -0.15) is 0 Å². The third kappa shape index (κ3) is 4.17. The highest BCUT2D eigenvalue weighted by Gasteiger charge is 2.19. The summed E-state index contributed by atoms with van der Waals surface area (Å²) in [6, 6.07) is 8.56. The molecule has 2 aromatic rings. The third-order valence-electron chi connectivity index (χ3n) is 3.19. The van der Waals surface area contributed by atoms with Gasteiger partial charge in [-0.25, -0.2) is 12.8 Å². The van der Waals surface area contributed by atoms with Gasteiger partial charge in [0, 0.05) is 6.07 Å². The Hall–Kier alpha value is -2.28. The molecule has 24 heavy (non-hydrogen) atoms. The molecule has 0 aliphatic heterocycles. The van der Waals surface area contributed by atoms with Gasteiger partial charge in [0.25, 0.3) is 10.0 Å². The zero-order valence-electron chi connectivity index (χ0n) is 13.8. The van der Waals surface area contributed by atoms with Gasteiger partial charge in [0.15, 0.2) is 11.5 Å². The zero-order chi connectivity index (χ0) is 17.7. The highest BCUT2D eigenvalue weighted by atomic mass is 32.2. The molecule has 130 valence electrons. The molecular weight excluding hydrogens is 333 g/mol. The molecule has 0 unspecified atom stereocenters. The van der Waals surface area contributed by atoms with Crippen LogP contribution in [0.15, 0.2) is 41.3 Å². The predicted molar refractivity (Wildman–Crippen MR) is 90.7 cm³/mol. The van der Waals surface area contributed by atoms with Crippen molar-refractivity contribution >= 4 is 15.7 Å². The highest BCUT2D eigenvalue weighted by Crippen LogP contribution is 2.31. The van der Waals surface area contributed by atoms with Crippen LogP contribution in [0.4, 0.5) is 10.1 Å². The van der Waals surface area contributed by atoms with E-state index < -0.39 is 15.8 Å². The van der Waals surface area contributed by atoms with E-state index in [4.69, 9.17) is 9.47 Å². The van der Waals surface area contributed by atoms with Gasteiger partial charge < -0.3 is 9.47 Å². The number of nitrogens with one attached hydrogen (secondary N) is 1. The molecule has 7 heteroatoms. The molecule has 0 fully saturated rings. The quantitative estimate of drug-likeness (QED) is 0.824. The van der Waals surface area contributed by atoms with Crippen molar-refractivity contribution in [1.29, 1.82) is 0 Å². The van der Waals surface area contributed by atoms with Crippen molar-refractivity contribution in [3.8, 4) is 11.5 Å². The second-order valence-corrected chi connectivity index (χ2v) is 6.75. The van der Waals surface area contributed by atoms with Crippen LogP contribution in [0, 0.1) is 12.7 Å². The second-order valence-electron chi connectivity index (χ2n) is 5.06. The van der Waals surface area contributed by atoms with Gasteiger partial charge in [-0.05, 0) is 50.6 Å². The monoisotopic (exact) mass is 353 g/mol. The van der Waals surface area contributed by atoms with Gasteiger partial charge in [-0.3, -0.25) is 4.72 Å². The van der Waals surface area contributed by atoms with Crippen molar-refractivity contribution in [1.82, 2.24) is 0 Å². The molecule has 0 radical (unpaired) electrons. The first kappa shape index (κ1) is 18.1. The maximum atomic E-state index is 13.9. The summed E-state index contributed by atoms with van der Waals surface area (Å²) < 4.78 is 52.0. The lowest BCUT2D eigenvalue weighted by Crippen LogP contribution is -2.14. The lowest BCUT2D eigenvalue weighted by Gasteiger charge is -2.14. The molecule has 0 amide bonds. The maximum Gasteiger partial charge on any atom is 0.262 e. The number of halogens is 1. The van der Waals surface area contributed by atoms with Crippen LogP contribution in [0.25, 0.3) is 0 Å². The van der Waals surface area contributed by atoms with Gasteiger partial charge >= 0.3 is 0 Å². The molecule has 0 saturated carbocycles. The van der Waals surface area contributed by atoms with E-state index >= 15 is 0 Å². The lowest BCUT2D eigenvalue weighted by atomic mass is 10.2. The van der Waals surface area contributed by atoms with Crippen LogP contribution in [-0.4, -0.2) is 21.6 Å². The van der Waals surface area contributed by atoms with Crippen LogP contribution < -0.4 is 14.2 Å². The summed E-state index contributed by atoms with van der Waals surface area (Å²) in [5.74, 6) is 0.154. The number of hydrogen-bond donors (Lipinski definition) is 1. The van der Waals surface area contributed by atoms with Crippen molar-refractivity contribution in [2.45, 2.75) is 25.7 Å². The van der Waals surface area contributed by atoms with E-state index in [1.54, 1.807) is 19.9 Å².